The summed E-state index contributed by atoms with van der Waals surface area (Å²) < 4.78 is 67.8. The second-order valence-corrected chi connectivity index (χ2v) is 5.61. The van der Waals surface area contributed by atoms with Gasteiger partial charge in [0.05, 0.1) is 5.69 Å². The Morgan fingerprint density at radius 2 is 1.28 bits per heavy atom. The first-order valence-corrected chi connectivity index (χ1v) is 7.54. The zero-order valence-corrected chi connectivity index (χ0v) is 13.0. The summed E-state index contributed by atoms with van der Waals surface area (Å²) in [6.07, 6.45) is -5.70. The number of fused-ring (bicyclic) bond motifs is 1. The quantitative estimate of drug-likeness (QED) is 0.411. The van der Waals surface area contributed by atoms with E-state index in [0.29, 0.717) is 16.3 Å². The fraction of sp³-hybridized carbons (Fsp3) is 0.158. The van der Waals surface area contributed by atoms with E-state index in [2.05, 4.69) is 0 Å². The van der Waals surface area contributed by atoms with Gasteiger partial charge in [-0.3, -0.25) is 0 Å². The topological polar surface area (TPSA) is 3.24 Å². The summed E-state index contributed by atoms with van der Waals surface area (Å²) in [5.41, 5.74) is 0.198. The van der Waals surface area contributed by atoms with E-state index in [4.69, 9.17) is 0 Å². The third kappa shape index (κ3) is 3.29. The molecule has 0 saturated carbocycles. The Labute approximate surface area is 141 Å². The number of nitrogens with zero attached hydrogens (tertiary/aromatic N) is 1. The molecule has 25 heavy (non-hydrogen) atoms. The number of alkyl halides is 5. The fourth-order valence-corrected chi connectivity index (χ4v) is 2.70. The van der Waals surface area contributed by atoms with E-state index in [-0.39, 0.29) is 10.6 Å². The number of rotatable bonds is 4. The van der Waals surface area contributed by atoms with Crippen LogP contribution in [0.4, 0.5) is 27.6 Å². The van der Waals surface area contributed by atoms with Crippen molar-refractivity contribution in [3.8, 4) is 0 Å². The molecule has 0 aliphatic heterocycles. The van der Waals surface area contributed by atoms with Crippen LogP contribution in [0.3, 0.4) is 0 Å². The van der Waals surface area contributed by atoms with Crippen molar-refractivity contribution in [3.05, 3.63) is 78.4 Å². The molecule has 130 valence electrons. The van der Waals surface area contributed by atoms with Crippen molar-refractivity contribution in [2.75, 3.05) is 4.90 Å². The summed E-state index contributed by atoms with van der Waals surface area (Å²) in [7, 11) is 0. The van der Waals surface area contributed by atoms with Crippen LogP contribution >= 0.6 is 0 Å². The molecule has 0 bridgehead atoms. The predicted octanol–water partition coefficient (Wildman–Crippen LogP) is 6.00. The van der Waals surface area contributed by atoms with Gasteiger partial charge in [0.1, 0.15) is 0 Å². The number of benzene rings is 3. The van der Waals surface area contributed by atoms with E-state index >= 15 is 0 Å². The SMILES string of the molecule is FC(F)(F)C(F)(F)N(Cc1ccccc1)c1cccc2ccccc12. The molecule has 3 rings (SSSR count). The smallest absolute Gasteiger partial charge is 0.301 e. The average Bonchev–Trinajstić information content (AvgIpc) is 2.59. The van der Waals surface area contributed by atoms with Crippen LogP contribution in [0.15, 0.2) is 72.8 Å². The van der Waals surface area contributed by atoms with Gasteiger partial charge < -0.3 is 4.90 Å². The normalized spacial score (nSPS) is 12.4. The number of halogens is 5. The highest BCUT2D eigenvalue weighted by atomic mass is 19.4. The van der Waals surface area contributed by atoms with Gasteiger partial charge in [0.15, 0.2) is 0 Å². The number of hydrogen-bond acceptors (Lipinski definition) is 1. The van der Waals surface area contributed by atoms with Gasteiger partial charge >= 0.3 is 12.2 Å². The summed E-state index contributed by atoms with van der Waals surface area (Å²) in [5, 5.41) is 0.931. The van der Waals surface area contributed by atoms with Crippen LogP contribution in [-0.4, -0.2) is 12.2 Å². The molecule has 0 saturated heterocycles. The van der Waals surface area contributed by atoms with Crippen molar-refractivity contribution in [1.29, 1.82) is 0 Å². The molecule has 0 aliphatic carbocycles. The molecule has 0 atom stereocenters. The summed E-state index contributed by atoms with van der Waals surface area (Å²) in [6.45, 7) is -0.568. The Balaban J connectivity index is 2.16. The van der Waals surface area contributed by atoms with Crippen LogP contribution in [0, 0.1) is 0 Å². The molecule has 0 aromatic heterocycles. The lowest BCUT2D eigenvalue weighted by atomic mass is 10.1. The predicted molar refractivity (Wildman–Crippen MR) is 87.6 cm³/mol. The molecule has 0 amide bonds. The van der Waals surface area contributed by atoms with E-state index in [9.17, 15) is 22.0 Å². The Kier molecular flexibility index (Phi) is 4.37. The summed E-state index contributed by atoms with van der Waals surface area (Å²) >= 11 is 0. The van der Waals surface area contributed by atoms with Crippen LogP contribution in [0.5, 0.6) is 0 Å². The van der Waals surface area contributed by atoms with Gasteiger partial charge in [0, 0.05) is 11.9 Å². The van der Waals surface area contributed by atoms with E-state index < -0.39 is 18.8 Å². The molecule has 0 spiro atoms. The van der Waals surface area contributed by atoms with Crippen molar-refractivity contribution in [1.82, 2.24) is 0 Å². The zero-order chi connectivity index (χ0) is 18.1. The first-order chi connectivity index (χ1) is 11.8. The van der Waals surface area contributed by atoms with Crippen molar-refractivity contribution in [2.24, 2.45) is 0 Å². The van der Waals surface area contributed by atoms with E-state index in [1.807, 2.05) is 0 Å². The van der Waals surface area contributed by atoms with Crippen molar-refractivity contribution < 1.29 is 22.0 Å². The Morgan fingerprint density at radius 3 is 1.96 bits per heavy atom. The number of anilines is 1. The van der Waals surface area contributed by atoms with Crippen molar-refractivity contribution in [3.63, 3.8) is 0 Å². The Morgan fingerprint density at radius 1 is 0.680 bits per heavy atom. The van der Waals surface area contributed by atoms with Crippen LogP contribution in [0.2, 0.25) is 0 Å². The molecular weight excluding hydrogens is 337 g/mol. The minimum absolute atomic E-state index is 0.116. The second kappa shape index (κ2) is 6.35. The van der Waals surface area contributed by atoms with Gasteiger partial charge in [0.25, 0.3) is 0 Å². The van der Waals surface area contributed by atoms with Gasteiger partial charge in [-0.1, -0.05) is 66.7 Å². The average molecular weight is 351 g/mol. The lowest BCUT2D eigenvalue weighted by Crippen LogP contribution is -2.52. The molecule has 0 radical (unpaired) electrons. The molecular formula is C19H14F5N. The largest absolute Gasteiger partial charge is 0.475 e. The Hall–Kier alpha value is -2.63. The molecule has 0 N–H and O–H groups in total. The van der Waals surface area contributed by atoms with Crippen molar-refractivity contribution in [2.45, 2.75) is 18.8 Å². The molecule has 3 aromatic rings. The maximum absolute atomic E-state index is 14.3. The van der Waals surface area contributed by atoms with E-state index in [0.717, 1.165) is 0 Å². The van der Waals surface area contributed by atoms with Crippen LogP contribution in [-0.2, 0) is 6.54 Å². The molecule has 0 heterocycles. The third-order valence-corrected chi connectivity index (χ3v) is 3.92. The molecule has 0 aliphatic rings. The molecule has 3 aromatic carbocycles. The lowest BCUT2D eigenvalue weighted by Gasteiger charge is -2.35. The fourth-order valence-electron chi connectivity index (χ4n) is 2.70. The lowest BCUT2D eigenvalue weighted by molar-refractivity contribution is -0.282. The van der Waals surface area contributed by atoms with Gasteiger partial charge in [-0.15, -0.1) is 0 Å². The van der Waals surface area contributed by atoms with Crippen molar-refractivity contribution >= 4 is 16.5 Å². The van der Waals surface area contributed by atoms with Gasteiger partial charge in [-0.05, 0) is 17.0 Å². The van der Waals surface area contributed by atoms with Crippen LogP contribution in [0.25, 0.3) is 10.8 Å². The van der Waals surface area contributed by atoms with Gasteiger partial charge in [0.2, 0.25) is 0 Å². The Bertz CT molecular complexity index is 853. The summed E-state index contributed by atoms with van der Waals surface area (Å²) in [4.78, 5) is 0.116. The standard InChI is InChI=1S/C19H14F5N/c20-18(21,22)19(23,24)25(13-14-7-2-1-3-8-14)17-12-6-10-15-9-4-5-11-16(15)17/h1-12H,13H2. The molecule has 0 unspecified atom stereocenters. The molecule has 1 nitrogen and oxygen atoms in total. The van der Waals surface area contributed by atoms with E-state index in [1.165, 1.54) is 30.3 Å². The third-order valence-electron chi connectivity index (χ3n) is 3.92. The minimum atomic E-state index is -5.70. The summed E-state index contributed by atoms with van der Waals surface area (Å²) in [6, 6.07) is 13.9. The maximum atomic E-state index is 14.3. The molecule has 6 heteroatoms. The van der Waals surface area contributed by atoms with Gasteiger partial charge in [-0.25, -0.2) is 0 Å². The highest BCUT2D eigenvalue weighted by Crippen LogP contribution is 2.43. The first kappa shape index (κ1) is 17.2. The monoisotopic (exact) mass is 351 g/mol. The highest BCUT2D eigenvalue weighted by molar-refractivity contribution is 5.94. The van der Waals surface area contributed by atoms with E-state index in [1.54, 1.807) is 42.5 Å². The van der Waals surface area contributed by atoms with Gasteiger partial charge in [-0.2, -0.15) is 22.0 Å². The van der Waals surface area contributed by atoms with Crippen LogP contribution in [0.1, 0.15) is 5.56 Å². The number of hydrogen-bond donors (Lipinski definition) is 0. The van der Waals surface area contributed by atoms with Crippen LogP contribution < -0.4 is 4.90 Å². The second-order valence-electron chi connectivity index (χ2n) is 5.61. The minimum Gasteiger partial charge on any atom is -0.301 e. The maximum Gasteiger partial charge on any atom is 0.475 e. The zero-order valence-electron chi connectivity index (χ0n) is 13.0. The highest BCUT2D eigenvalue weighted by Gasteiger charge is 2.62. The first-order valence-electron chi connectivity index (χ1n) is 7.54. The summed E-state index contributed by atoms with van der Waals surface area (Å²) in [5.74, 6) is 0. The molecule has 0 fully saturated rings.